The summed E-state index contributed by atoms with van der Waals surface area (Å²) in [6.07, 6.45) is 3.00. The maximum absolute atomic E-state index is 11.3. The molecule has 4 heteroatoms. The lowest BCUT2D eigenvalue weighted by Gasteiger charge is -2.00. The van der Waals surface area contributed by atoms with Crippen molar-refractivity contribution in [2.45, 2.75) is 6.92 Å². The Kier molecular flexibility index (Phi) is 4.94. The van der Waals surface area contributed by atoms with Gasteiger partial charge < -0.3 is 10.1 Å². The topological polar surface area (TPSA) is 55.4 Å². The van der Waals surface area contributed by atoms with Crippen LogP contribution in [0, 0.1) is 0 Å². The molecule has 0 saturated heterocycles. The minimum Gasteiger partial charge on any atom is -0.463 e. The van der Waals surface area contributed by atoms with E-state index in [4.69, 9.17) is 4.74 Å². The fraction of sp³-hybridized carbons (Fsp3) is 0.231. The molecule has 0 unspecified atom stereocenters. The van der Waals surface area contributed by atoms with Crippen molar-refractivity contribution in [3.63, 3.8) is 0 Å². The fourth-order valence-electron chi connectivity index (χ4n) is 1.24. The quantitative estimate of drug-likeness (QED) is 0.635. The summed E-state index contributed by atoms with van der Waals surface area (Å²) in [5.41, 5.74) is 1.42. The molecule has 0 radical (unpaired) electrons. The van der Waals surface area contributed by atoms with E-state index in [-0.39, 0.29) is 11.9 Å². The van der Waals surface area contributed by atoms with Crippen LogP contribution in [0.15, 0.2) is 30.3 Å². The molecule has 90 valence electrons. The van der Waals surface area contributed by atoms with E-state index in [9.17, 15) is 9.59 Å². The summed E-state index contributed by atoms with van der Waals surface area (Å²) in [5, 5.41) is 2.54. The Morgan fingerprint density at radius 3 is 2.47 bits per heavy atom. The lowest BCUT2D eigenvalue weighted by Crippen LogP contribution is -2.17. The molecule has 0 aliphatic heterocycles. The smallest absolute Gasteiger partial charge is 0.330 e. The van der Waals surface area contributed by atoms with Crippen LogP contribution in [0.25, 0.3) is 6.08 Å². The van der Waals surface area contributed by atoms with E-state index in [1.807, 2.05) is 0 Å². The maximum atomic E-state index is 11.3. The molecule has 0 aliphatic rings. The Hall–Kier alpha value is -2.10. The number of carbonyl (C=O) groups is 2. The summed E-state index contributed by atoms with van der Waals surface area (Å²) in [6, 6.07) is 6.92. The number of carbonyl (C=O) groups excluding carboxylic acids is 2. The Morgan fingerprint density at radius 2 is 1.94 bits per heavy atom. The van der Waals surface area contributed by atoms with Gasteiger partial charge in [0.2, 0.25) is 0 Å². The molecule has 1 aromatic rings. The number of hydrogen-bond donors (Lipinski definition) is 1. The third kappa shape index (κ3) is 4.10. The number of ether oxygens (including phenoxy) is 1. The van der Waals surface area contributed by atoms with Crippen molar-refractivity contribution in [1.29, 1.82) is 0 Å². The molecular formula is C13H15NO3. The van der Waals surface area contributed by atoms with Gasteiger partial charge in [0.25, 0.3) is 5.91 Å². The van der Waals surface area contributed by atoms with Crippen molar-refractivity contribution >= 4 is 18.0 Å². The summed E-state index contributed by atoms with van der Waals surface area (Å²) in [4.78, 5) is 22.3. The summed E-state index contributed by atoms with van der Waals surface area (Å²) >= 11 is 0. The highest BCUT2D eigenvalue weighted by Gasteiger charge is 2.01. The average molecular weight is 233 g/mol. The first kappa shape index (κ1) is 13.0. The molecule has 0 bridgehead atoms. The van der Waals surface area contributed by atoms with Gasteiger partial charge in [0.05, 0.1) is 6.61 Å². The van der Waals surface area contributed by atoms with Crippen molar-refractivity contribution < 1.29 is 14.3 Å². The standard InChI is InChI=1S/C13H15NO3/c1-3-17-12(15)9-6-10-4-7-11(8-5-10)13(16)14-2/h4-9H,3H2,1-2H3,(H,14,16). The van der Waals surface area contributed by atoms with Crippen LogP contribution >= 0.6 is 0 Å². The largest absolute Gasteiger partial charge is 0.463 e. The SMILES string of the molecule is CCOC(=O)C=Cc1ccc(C(=O)NC)cc1. The van der Waals surface area contributed by atoms with E-state index >= 15 is 0 Å². The molecular weight excluding hydrogens is 218 g/mol. The van der Waals surface area contributed by atoms with Gasteiger partial charge in [0, 0.05) is 18.7 Å². The van der Waals surface area contributed by atoms with E-state index in [1.165, 1.54) is 6.08 Å². The van der Waals surface area contributed by atoms with Crippen LogP contribution in [-0.2, 0) is 9.53 Å². The van der Waals surface area contributed by atoms with Gasteiger partial charge >= 0.3 is 5.97 Å². The number of amides is 1. The highest BCUT2D eigenvalue weighted by Crippen LogP contribution is 2.06. The molecule has 0 heterocycles. The molecule has 4 nitrogen and oxygen atoms in total. The second-order valence-electron chi connectivity index (χ2n) is 3.29. The van der Waals surface area contributed by atoms with Gasteiger partial charge in [-0.05, 0) is 30.7 Å². The van der Waals surface area contributed by atoms with E-state index in [0.717, 1.165) is 5.56 Å². The molecule has 0 aliphatic carbocycles. The lowest BCUT2D eigenvalue weighted by molar-refractivity contribution is -0.137. The van der Waals surface area contributed by atoms with Gasteiger partial charge in [-0.2, -0.15) is 0 Å². The van der Waals surface area contributed by atoms with Crippen LogP contribution in [0.2, 0.25) is 0 Å². The molecule has 1 aromatic carbocycles. The van der Waals surface area contributed by atoms with E-state index in [1.54, 1.807) is 44.3 Å². The summed E-state index contributed by atoms with van der Waals surface area (Å²) in [7, 11) is 1.58. The van der Waals surface area contributed by atoms with Gasteiger partial charge in [0.15, 0.2) is 0 Å². The third-order valence-electron chi connectivity index (χ3n) is 2.10. The Morgan fingerprint density at radius 1 is 1.29 bits per heavy atom. The van der Waals surface area contributed by atoms with Crippen molar-refractivity contribution in [3.05, 3.63) is 41.5 Å². The molecule has 1 amide bonds. The van der Waals surface area contributed by atoms with Gasteiger partial charge in [-0.15, -0.1) is 0 Å². The molecule has 0 atom stereocenters. The zero-order valence-electron chi connectivity index (χ0n) is 9.90. The lowest BCUT2D eigenvalue weighted by atomic mass is 10.1. The first-order valence-electron chi connectivity index (χ1n) is 5.34. The molecule has 17 heavy (non-hydrogen) atoms. The fourth-order valence-corrected chi connectivity index (χ4v) is 1.24. The zero-order chi connectivity index (χ0) is 12.7. The second kappa shape index (κ2) is 6.48. The molecule has 1 N–H and O–H groups in total. The number of rotatable bonds is 4. The van der Waals surface area contributed by atoms with Crippen molar-refractivity contribution in [1.82, 2.24) is 5.32 Å². The van der Waals surface area contributed by atoms with Crippen LogP contribution in [0.3, 0.4) is 0 Å². The second-order valence-corrected chi connectivity index (χ2v) is 3.29. The van der Waals surface area contributed by atoms with Crippen LogP contribution in [0.4, 0.5) is 0 Å². The van der Waals surface area contributed by atoms with E-state index in [2.05, 4.69) is 5.32 Å². The summed E-state index contributed by atoms with van der Waals surface area (Å²) in [5.74, 6) is -0.506. The average Bonchev–Trinajstić information content (AvgIpc) is 2.36. The van der Waals surface area contributed by atoms with Gasteiger partial charge in [-0.3, -0.25) is 4.79 Å². The zero-order valence-corrected chi connectivity index (χ0v) is 9.90. The number of hydrogen-bond acceptors (Lipinski definition) is 3. The van der Waals surface area contributed by atoms with Crippen LogP contribution in [0.5, 0.6) is 0 Å². The third-order valence-corrected chi connectivity index (χ3v) is 2.10. The normalized spacial score (nSPS) is 10.2. The van der Waals surface area contributed by atoms with E-state index in [0.29, 0.717) is 12.2 Å². The molecule has 0 fully saturated rings. The Bertz CT molecular complexity index is 421. The van der Waals surface area contributed by atoms with Crippen LogP contribution in [0.1, 0.15) is 22.8 Å². The highest BCUT2D eigenvalue weighted by molar-refractivity contribution is 5.94. The molecule has 0 saturated carbocycles. The number of nitrogens with one attached hydrogen (secondary N) is 1. The predicted octanol–water partition coefficient (Wildman–Crippen LogP) is 1.62. The minimum atomic E-state index is -0.372. The first-order chi connectivity index (χ1) is 8.17. The van der Waals surface area contributed by atoms with Crippen molar-refractivity contribution in [2.75, 3.05) is 13.7 Å². The number of esters is 1. The van der Waals surface area contributed by atoms with Gasteiger partial charge in [0.1, 0.15) is 0 Å². The minimum absolute atomic E-state index is 0.133. The maximum Gasteiger partial charge on any atom is 0.330 e. The monoisotopic (exact) mass is 233 g/mol. The van der Waals surface area contributed by atoms with Gasteiger partial charge in [-0.1, -0.05) is 12.1 Å². The predicted molar refractivity (Wildman–Crippen MR) is 65.5 cm³/mol. The van der Waals surface area contributed by atoms with Crippen LogP contribution < -0.4 is 5.32 Å². The first-order valence-corrected chi connectivity index (χ1v) is 5.34. The summed E-state index contributed by atoms with van der Waals surface area (Å²) < 4.78 is 4.75. The van der Waals surface area contributed by atoms with Crippen LogP contribution in [-0.4, -0.2) is 25.5 Å². The Labute approximate surface area is 100 Å². The van der Waals surface area contributed by atoms with Crippen molar-refractivity contribution in [3.8, 4) is 0 Å². The molecule has 0 spiro atoms. The Balaban J connectivity index is 2.68. The molecule has 0 aromatic heterocycles. The van der Waals surface area contributed by atoms with Crippen molar-refractivity contribution in [2.24, 2.45) is 0 Å². The molecule has 1 rings (SSSR count). The van der Waals surface area contributed by atoms with Gasteiger partial charge in [-0.25, -0.2) is 4.79 Å². The summed E-state index contributed by atoms with van der Waals surface area (Å²) in [6.45, 7) is 2.11. The highest BCUT2D eigenvalue weighted by atomic mass is 16.5. The number of benzene rings is 1. The van der Waals surface area contributed by atoms with E-state index < -0.39 is 0 Å².